The molecule has 2 aromatic heterocycles. The zero-order valence-electron chi connectivity index (χ0n) is 19.9. The Bertz CT molecular complexity index is 1220. The molecule has 1 aromatic carbocycles. The first kappa shape index (κ1) is 24.8. The molecule has 0 bridgehead atoms. The summed E-state index contributed by atoms with van der Waals surface area (Å²) in [5.74, 6) is 1.75. The van der Waals surface area contributed by atoms with Crippen LogP contribution in [0.2, 0.25) is 0 Å². The summed E-state index contributed by atoms with van der Waals surface area (Å²) in [5, 5.41) is 17.6. The monoisotopic (exact) mass is 499 g/mol. The molecule has 2 N–H and O–H groups in total. The van der Waals surface area contributed by atoms with Crippen LogP contribution in [0.15, 0.2) is 44.1 Å². The number of ether oxygens (including phenoxy) is 1. The lowest BCUT2D eigenvalue weighted by molar-refractivity contribution is -0.122. The van der Waals surface area contributed by atoms with Crippen LogP contribution in [-0.2, 0) is 4.79 Å². The lowest BCUT2D eigenvalue weighted by Crippen LogP contribution is -2.30. The van der Waals surface area contributed by atoms with Gasteiger partial charge >= 0.3 is 0 Å². The molecule has 186 valence electrons. The molecule has 4 rings (SSSR count). The van der Waals surface area contributed by atoms with Crippen LogP contribution in [0.4, 0.5) is 0 Å². The van der Waals surface area contributed by atoms with Crippen molar-refractivity contribution in [2.75, 3.05) is 19.1 Å². The van der Waals surface area contributed by atoms with Gasteiger partial charge in [-0.25, -0.2) is 0 Å². The molecule has 1 amide bonds. The standard InChI is InChI=1S/C25H29N3O6S/c1-14-12-20(29)22(31)23(33-14)18(15-6-8-17(32-2)9-7-15)13-21(30)26-19(10-11-35-3)25-27-24(28-34-25)16-4-5-16/h6-9,12,16,18-19,31H,4-5,10-11,13H2,1-3H3,(H,26,30). The number of benzene rings is 1. The number of aromatic nitrogens is 2. The lowest BCUT2D eigenvalue weighted by atomic mass is 9.91. The third-order valence-corrected chi connectivity index (χ3v) is 6.58. The Morgan fingerprint density at radius 3 is 2.71 bits per heavy atom. The Balaban J connectivity index is 1.60. The van der Waals surface area contributed by atoms with E-state index in [4.69, 9.17) is 13.7 Å². The predicted molar refractivity (Wildman–Crippen MR) is 131 cm³/mol. The predicted octanol–water partition coefficient (Wildman–Crippen LogP) is 4.06. The second-order valence-electron chi connectivity index (χ2n) is 8.63. The van der Waals surface area contributed by atoms with Crippen LogP contribution in [0.1, 0.15) is 72.4 Å². The van der Waals surface area contributed by atoms with Gasteiger partial charge in [-0.05, 0) is 55.9 Å². The number of aromatic hydroxyl groups is 1. The van der Waals surface area contributed by atoms with Gasteiger partial charge in [0, 0.05) is 18.4 Å². The second-order valence-corrected chi connectivity index (χ2v) is 9.62. The molecule has 2 heterocycles. The van der Waals surface area contributed by atoms with Crippen molar-refractivity contribution >= 4 is 17.7 Å². The van der Waals surface area contributed by atoms with Gasteiger partial charge in [0.1, 0.15) is 17.6 Å². The number of aryl methyl sites for hydroxylation is 1. The van der Waals surface area contributed by atoms with E-state index in [2.05, 4.69) is 15.5 Å². The van der Waals surface area contributed by atoms with E-state index in [1.165, 1.54) is 6.07 Å². The maximum atomic E-state index is 13.3. The minimum absolute atomic E-state index is 0.0461. The van der Waals surface area contributed by atoms with Crippen LogP contribution in [0.5, 0.6) is 11.5 Å². The Labute approximate surface area is 207 Å². The average molecular weight is 500 g/mol. The van der Waals surface area contributed by atoms with Crippen LogP contribution >= 0.6 is 11.8 Å². The first-order chi connectivity index (χ1) is 16.9. The first-order valence-corrected chi connectivity index (χ1v) is 12.9. The summed E-state index contributed by atoms with van der Waals surface area (Å²) in [4.78, 5) is 30.1. The highest BCUT2D eigenvalue weighted by Crippen LogP contribution is 2.39. The maximum Gasteiger partial charge on any atom is 0.249 e. The normalized spacial score (nSPS) is 14.9. The number of hydrogen-bond acceptors (Lipinski definition) is 9. The van der Waals surface area contributed by atoms with E-state index in [0.29, 0.717) is 41.1 Å². The molecular weight excluding hydrogens is 470 g/mol. The van der Waals surface area contributed by atoms with Gasteiger partial charge in [0.15, 0.2) is 11.6 Å². The number of nitrogens with one attached hydrogen (secondary N) is 1. The smallest absolute Gasteiger partial charge is 0.249 e. The molecule has 2 unspecified atom stereocenters. The van der Waals surface area contributed by atoms with E-state index < -0.39 is 23.1 Å². The Morgan fingerprint density at radius 2 is 2.06 bits per heavy atom. The van der Waals surface area contributed by atoms with Gasteiger partial charge in [-0.3, -0.25) is 9.59 Å². The Morgan fingerprint density at radius 1 is 1.31 bits per heavy atom. The van der Waals surface area contributed by atoms with E-state index in [0.717, 1.165) is 18.6 Å². The molecule has 1 saturated carbocycles. The van der Waals surface area contributed by atoms with E-state index >= 15 is 0 Å². The van der Waals surface area contributed by atoms with Crippen molar-refractivity contribution in [1.82, 2.24) is 15.5 Å². The summed E-state index contributed by atoms with van der Waals surface area (Å²) in [6, 6.07) is 7.85. The molecule has 35 heavy (non-hydrogen) atoms. The van der Waals surface area contributed by atoms with Crippen LogP contribution in [0.3, 0.4) is 0 Å². The number of hydrogen-bond donors (Lipinski definition) is 2. The molecule has 1 aliphatic rings. The summed E-state index contributed by atoms with van der Waals surface area (Å²) in [5.41, 5.74) is 0.137. The number of methoxy groups -OCH3 is 1. The molecule has 3 aromatic rings. The highest BCUT2D eigenvalue weighted by molar-refractivity contribution is 7.98. The number of rotatable bonds is 11. The van der Waals surface area contributed by atoms with Gasteiger partial charge in [0.2, 0.25) is 23.0 Å². The fraction of sp³-hybridized carbons (Fsp3) is 0.440. The topological polar surface area (TPSA) is 128 Å². The summed E-state index contributed by atoms with van der Waals surface area (Å²) in [6.07, 6.45) is 4.65. The summed E-state index contributed by atoms with van der Waals surface area (Å²) >= 11 is 1.66. The number of nitrogens with zero attached hydrogens (tertiary/aromatic N) is 2. The lowest BCUT2D eigenvalue weighted by Gasteiger charge is -2.20. The van der Waals surface area contributed by atoms with Crippen LogP contribution in [-0.4, -0.2) is 40.3 Å². The Kier molecular flexibility index (Phi) is 7.80. The van der Waals surface area contributed by atoms with Crippen LogP contribution < -0.4 is 15.5 Å². The van der Waals surface area contributed by atoms with E-state index in [9.17, 15) is 14.7 Å². The molecule has 1 fully saturated rings. The molecule has 0 radical (unpaired) electrons. The van der Waals surface area contributed by atoms with Gasteiger partial charge in [-0.15, -0.1) is 0 Å². The SMILES string of the molecule is COc1ccc(C(CC(=O)NC(CCSC)c2nc(C3CC3)no2)c2oc(C)cc(=O)c2O)cc1. The number of amides is 1. The minimum atomic E-state index is -0.695. The number of carbonyl (C=O) groups excluding carboxylic acids is 1. The van der Waals surface area contributed by atoms with Crippen molar-refractivity contribution in [1.29, 1.82) is 0 Å². The molecule has 0 aliphatic heterocycles. The van der Waals surface area contributed by atoms with Crippen molar-refractivity contribution in [3.63, 3.8) is 0 Å². The van der Waals surface area contributed by atoms with E-state index in [1.807, 2.05) is 6.26 Å². The fourth-order valence-corrected chi connectivity index (χ4v) is 4.36. The molecular formula is C25H29N3O6S. The molecule has 1 aliphatic carbocycles. The van der Waals surface area contributed by atoms with Crippen LogP contribution in [0, 0.1) is 6.92 Å². The van der Waals surface area contributed by atoms with Crippen molar-refractivity contribution < 1.29 is 23.6 Å². The van der Waals surface area contributed by atoms with Crippen LogP contribution in [0.25, 0.3) is 0 Å². The summed E-state index contributed by atoms with van der Waals surface area (Å²) in [7, 11) is 1.56. The van der Waals surface area contributed by atoms with Gasteiger partial charge in [0.05, 0.1) is 13.0 Å². The summed E-state index contributed by atoms with van der Waals surface area (Å²) < 4.78 is 16.5. The average Bonchev–Trinajstić information content (AvgIpc) is 3.59. The second kappa shape index (κ2) is 11.0. The van der Waals surface area contributed by atoms with E-state index in [-0.39, 0.29) is 18.1 Å². The third kappa shape index (κ3) is 6.05. The zero-order chi connectivity index (χ0) is 24.9. The largest absolute Gasteiger partial charge is 0.502 e. The van der Waals surface area contributed by atoms with Gasteiger partial charge in [-0.1, -0.05) is 17.3 Å². The van der Waals surface area contributed by atoms with Crippen molar-refractivity contribution in [3.05, 3.63) is 69.4 Å². The van der Waals surface area contributed by atoms with Gasteiger partial charge < -0.3 is 24.1 Å². The van der Waals surface area contributed by atoms with E-state index in [1.54, 1.807) is 50.1 Å². The zero-order valence-corrected chi connectivity index (χ0v) is 20.8. The maximum absolute atomic E-state index is 13.3. The molecule has 9 nitrogen and oxygen atoms in total. The van der Waals surface area contributed by atoms with Gasteiger partial charge in [-0.2, -0.15) is 16.7 Å². The summed E-state index contributed by atoms with van der Waals surface area (Å²) in [6.45, 7) is 1.63. The van der Waals surface area contributed by atoms with Crippen molar-refractivity contribution in [3.8, 4) is 11.5 Å². The minimum Gasteiger partial charge on any atom is -0.502 e. The molecule has 2 atom stereocenters. The Hall–Kier alpha value is -3.27. The molecule has 0 spiro atoms. The highest BCUT2D eigenvalue weighted by atomic mass is 32.2. The van der Waals surface area contributed by atoms with Crippen molar-refractivity contribution in [2.45, 2.75) is 50.5 Å². The third-order valence-electron chi connectivity index (χ3n) is 5.94. The van der Waals surface area contributed by atoms with Gasteiger partial charge in [0.25, 0.3) is 0 Å². The first-order valence-electron chi connectivity index (χ1n) is 11.5. The highest BCUT2D eigenvalue weighted by Gasteiger charge is 2.32. The number of thioether (sulfide) groups is 1. The molecule has 0 saturated heterocycles. The van der Waals surface area contributed by atoms with Crippen molar-refractivity contribution in [2.24, 2.45) is 0 Å². The fourth-order valence-electron chi connectivity index (χ4n) is 3.89. The molecule has 10 heteroatoms. The number of carbonyl (C=O) groups is 1. The quantitative estimate of drug-likeness (QED) is 0.401.